The lowest BCUT2D eigenvalue weighted by Gasteiger charge is -2.13. The molecule has 0 aliphatic heterocycles. The fourth-order valence-corrected chi connectivity index (χ4v) is 2.83. The lowest BCUT2D eigenvalue weighted by Crippen LogP contribution is -2.37. The number of aliphatic imine (C=N–C) groups is 1. The highest BCUT2D eigenvalue weighted by molar-refractivity contribution is 5.79. The predicted molar refractivity (Wildman–Crippen MR) is 116 cm³/mol. The Morgan fingerprint density at radius 3 is 2.53 bits per heavy atom. The van der Waals surface area contributed by atoms with Crippen LogP contribution < -0.4 is 20.1 Å². The van der Waals surface area contributed by atoms with Crippen molar-refractivity contribution in [1.82, 2.24) is 15.6 Å². The average molecular weight is 408 g/mol. The molecule has 0 fully saturated rings. The van der Waals surface area contributed by atoms with Gasteiger partial charge in [0.05, 0.1) is 7.11 Å². The first-order chi connectivity index (χ1) is 14.7. The van der Waals surface area contributed by atoms with Crippen LogP contribution in [0, 0.1) is 5.82 Å². The molecule has 0 amide bonds. The van der Waals surface area contributed by atoms with Crippen LogP contribution in [0.4, 0.5) is 4.39 Å². The van der Waals surface area contributed by atoms with E-state index in [9.17, 15) is 4.39 Å². The summed E-state index contributed by atoms with van der Waals surface area (Å²) in [7, 11) is 3.41. The number of hydrogen-bond acceptors (Lipinski definition) is 4. The Balaban J connectivity index is 1.45. The van der Waals surface area contributed by atoms with Crippen LogP contribution in [0.3, 0.4) is 0 Å². The number of benzene rings is 2. The van der Waals surface area contributed by atoms with Gasteiger partial charge in [-0.05, 0) is 47.9 Å². The molecular formula is C23H25FN4O2. The van der Waals surface area contributed by atoms with Crippen LogP contribution in [-0.4, -0.2) is 31.6 Å². The number of aromatic nitrogens is 1. The number of methoxy groups -OCH3 is 1. The number of ether oxygens (including phenoxy) is 2. The minimum Gasteiger partial charge on any atom is -0.496 e. The summed E-state index contributed by atoms with van der Waals surface area (Å²) in [5, 5.41) is 6.56. The van der Waals surface area contributed by atoms with Gasteiger partial charge in [-0.1, -0.05) is 24.3 Å². The Labute approximate surface area is 175 Å². The van der Waals surface area contributed by atoms with Crippen molar-refractivity contribution in [1.29, 1.82) is 0 Å². The molecule has 0 saturated heterocycles. The zero-order valence-electron chi connectivity index (χ0n) is 17.1. The van der Waals surface area contributed by atoms with Gasteiger partial charge in [-0.2, -0.15) is 0 Å². The standard InChI is InChI=1S/C23H25FN4O2/c1-25-23(26-14-13-18-5-3-4-6-21(18)29-2)28-16-17-7-12-22(27-15-17)30-20-10-8-19(24)9-11-20/h3-12,15H,13-14,16H2,1-2H3,(H2,25,26,28). The van der Waals surface area contributed by atoms with E-state index in [1.54, 1.807) is 38.6 Å². The van der Waals surface area contributed by atoms with Crippen molar-refractivity contribution in [3.8, 4) is 17.4 Å². The fraction of sp³-hybridized carbons (Fsp3) is 0.217. The summed E-state index contributed by atoms with van der Waals surface area (Å²) < 4.78 is 23.9. The lowest BCUT2D eigenvalue weighted by molar-refractivity contribution is 0.409. The van der Waals surface area contributed by atoms with E-state index in [0.717, 1.165) is 29.8 Å². The van der Waals surface area contributed by atoms with Gasteiger partial charge in [0.1, 0.15) is 17.3 Å². The minimum atomic E-state index is -0.304. The van der Waals surface area contributed by atoms with Crippen molar-refractivity contribution in [2.45, 2.75) is 13.0 Å². The third-order valence-corrected chi connectivity index (χ3v) is 4.40. The molecule has 0 aliphatic carbocycles. The molecule has 3 aromatic rings. The van der Waals surface area contributed by atoms with Crippen molar-refractivity contribution in [3.63, 3.8) is 0 Å². The Kier molecular flexibility index (Phi) is 7.60. The quantitative estimate of drug-likeness (QED) is 0.437. The third-order valence-electron chi connectivity index (χ3n) is 4.40. The molecule has 2 aromatic carbocycles. The summed E-state index contributed by atoms with van der Waals surface area (Å²) in [6, 6.07) is 17.5. The normalized spacial score (nSPS) is 11.1. The van der Waals surface area contributed by atoms with Crippen molar-refractivity contribution in [3.05, 3.63) is 83.8 Å². The highest BCUT2D eigenvalue weighted by Crippen LogP contribution is 2.19. The van der Waals surface area contributed by atoms with Gasteiger partial charge in [0.15, 0.2) is 5.96 Å². The summed E-state index contributed by atoms with van der Waals surface area (Å²) >= 11 is 0. The fourth-order valence-electron chi connectivity index (χ4n) is 2.83. The molecule has 7 heteroatoms. The molecule has 1 heterocycles. The maximum absolute atomic E-state index is 13.0. The SMILES string of the molecule is CN=C(NCCc1ccccc1OC)NCc1ccc(Oc2ccc(F)cc2)nc1. The Morgan fingerprint density at radius 2 is 1.83 bits per heavy atom. The molecule has 156 valence electrons. The Hall–Kier alpha value is -3.61. The molecule has 0 unspecified atom stereocenters. The van der Waals surface area contributed by atoms with Crippen molar-refractivity contribution >= 4 is 5.96 Å². The molecule has 30 heavy (non-hydrogen) atoms. The van der Waals surface area contributed by atoms with E-state index < -0.39 is 0 Å². The molecule has 0 atom stereocenters. The molecule has 0 saturated carbocycles. The van der Waals surface area contributed by atoms with E-state index in [1.165, 1.54) is 12.1 Å². The monoisotopic (exact) mass is 408 g/mol. The molecule has 2 N–H and O–H groups in total. The minimum absolute atomic E-state index is 0.304. The summed E-state index contributed by atoms with van der Waals surface area (Å²) in [6.07, 6.45) is 2.55. The second kappa shape index (κ2) is 10.8. The zero-order valence-corrected chi connectivity index (χ0v) is 17.1. The first-order valence-corrected chi connectivity index (χ1v) is 9.62. The predicted octanol–water partition coefficient (Wildman–Crippen LogP) is 3.93. The zero-order chi connectivity index (χ0) is 21.2. The Bertz CT molecular complexity index is 960. The second-order valence-corrected chi connectivity index (χ2v) is 6.48. The van der Waals surface area contributed by atoms with Crippen LogP contribution >= 0.6 is 0 Å². The second-order valence-electron chi connectivity index (χ2n) is 6.48. The first-order valence-electron chi connectivity index (χ1n) is 9.62. The van der Waals surface area contributed by atoms with Crippen molar-refractivity contribution in [2.24, 2.45) is 4.99 Å². The number of pyridine rings is 1. The number of guanidine groups is 1. The van der Waals surface area contributed by atoms with Crippen LogP contribution in [-0.2, 0) is 13.0 Å². The Morgan fingerprint density at radius 1 is 1.03 bits per heavy atom. The average Bonchev–Trinajstić information content (AvgIpc) is 2.79. The van der Waals surface area contributed by atoms with E-state index in [2.05, 4.69) is 26.7 Å². The molecule has 1 aromatic heterocycles. The van der Waals surface area contributed by atoms with Gasteiger partial charge >= 0.3 is 0 Å². The van der Waals surface area contributed by atoms with E-state index in [4.69, 9.17) is 9.47 Å². The number of halogens is 1. The largest absolute Gasteiger partial charge is 0.496 e. The topological polar surface area (TPSA) is 67.8 Å². The number of nitrogens with one attached hydrogen (secondary N) is 2. The molecule has 0 radical (unpaired) electrons. The summed E-state index contributed by atoms with van der Waals surface area (Å²) in [5.74, 6) is 2.27. The van der Waals surface area contributed by atoms with Gasteiger partial charge in [-0.25, -0.2) is 9.37 Å². The maximum Gasteiger partial charge on any atom is 0.219 e. The smallest absolute Gasteiger partial charge is 0.219 e. The summed E-state index contributed by atoms with van der Waals surface area (Å²) in [4.78, 5) is 8.54. The number of hydrogen-bond donors (Lipinski definition) is 2. The number of para-hydroxylation sites is 1. The van der Waals surface area contributed by atoms with Crippen LogP contribution in [0.1, 0.15) is 11.1 Å². The highest BCUT2D eigenvalue weighted by atomic mass is 19.1. The van der Waals surface area contributed by atoms with Gasteiger partial charge in [0.25, 0.3) is 0 Å². The van der Waals surface area contributed by atoms with E-state index in [0.29, 0.717) is 24.1 Å². The maximum atomic E-state index is 13.0. The summed E-state index contributed by atoms with van der Waals surface area (Å²) in [6.45, 7) is 1.29. The van der Waals surface area contributed by atoms with Gasteiger partial charge < -0.3 is 20.1 Å². The molecule has 6 nitrogen and oxygen atoms in total. The highest BCUT2D eigenvalue weighted by Gasteiger charge is 2.04. The van der Waals surface area contributed by atoms with Gasteiger partial charge in [-0.15, -0.1) is 0 Å². The van der Waals surface area contributed by atoms with Gasteiger partial charge in [-0.3, -0.25) is 4.99 Å². The van der Waals surface area contributed by atoms with Crippen molar-refractivity contribution < 1.29 is 13.9 Å². The van der Waals surface area contributed by atoms with Gasteiger partial charge in [0.2, 0.25) is 5.88 Å². The van der Waals surface area contributed by atoms with E-state index in [1.807, 2.05) is 24.3 Å². The van der Waals surface area contributed by atoms with Crippen molar-refractivity contribution in [2.75, 3.05) is 20.7 Å². The van der Waals surface area contributed by atoms with E-state index >= 15 is 0 Å². The molecular weight excluding hydrogens is 383 g/mol. The van der Waals surface area contributed by atoms with Crippen LogP contribution in [0.25, 0.3) is 0 Å². The first kappa shape index (κ1) is 21.1. The summed E-state index contributed by atoms with van der Waals surface area (Å²) in [5.41, 5.74) is 2.12. The van der Waals surface area contributed by atoms with Crippen LogP contribution in [0.5, 0.6) is 17.4 Å². The van der Waals surface area contributed by atoms with Crippen LogP contribution in [0.2, 0.25) is 0 Å². The van der Waals surface area contributed by atoms with E-state index in [-0.39, 0.29) is 5.82 Å². The number of rotatable bonds is 8. The molecule has 3 rings (SSSR count). The lowest BCUT2D eigenvalue weighted by atomic mass is 10.1. The molecule has 0 bridgehead atoms. The molecule has 0 aliphatic rings. The third kappa shape index (κ3) is 6.20. The molecule has 0 spiro atoms. The van der Waals surface area contributed by atoms with Gasteiger partial charge in [0, 0.05) is 32.4 Å². The number of nitrogens with zero attached hydrogens (tertiary/aromatic N) is 2. The van der Waals surface area contributed by atoms with Crippen LogP contribution in [0.15, 0.2) is 71.9 Å².